The van der Waals surface area contributed by atoms with Crippen molar-refractivity contribution in [2.24, 2.45) is 4.99 Å². The molecule has 0 amide bonds. The molecule has 3 heteroatoms. The smallest absolute Gasteiger partial charge is 0.211 e. The third kappa shape index (κ3) is 2.66. The Morgan fingerprint density at radius 2 is 1.45 bits per heavy atom. The predicted octanol–water partition coefficient (Wildman–Crippen LogP) is 3.22. The van der Waals surface area contributed by atoms with Crippen molar-refractivity contribution in [3.05, 3.63) is 71.8 Å². The number of nitriles is 1. The molecule has 0 unspecified atom stereocenters. The molecule has 2 rings (SSSR count). The van der Waals surface area contributed by atoms with Crippen LogP contribution in [0.5, 0.6) is 0 Å². The molecule has 0 fully saturated rings. The summed E-state index contributed by atoms with van der Waals surface area (Å²) in [6.07, 6.45) is 1.98. The first kappa shape index (κ1) is 13.7. The maximum Gasteiger partial charge on any atom is 0.234 e. The van der Waals surface area contributed by atoms with Gasteiger partial charge in [0, 0.05) is 0 Å². The maximum absolute atomic E-state index is 10.3. The van der Waals surface area contributed by atoms with E-state index in [0.717, 1.165) is 11.1 Å². The second-order valence-electron chi connectivity index (χ2n) is 4.47. The lowest BCUT2D eigenvalue weighted by Crippen LogP contribution is -2.26. The van der Waals surface area contributed by atoms with Crippen molar-refractivity contribution >= 4 is 6.08 Å². The van der Waals surface area contributed by atoms with Crippen molar-refractivity contribution in [3.63, 3.8) is 0 Å². The molecule has 2 aromatic rings. The van der Waals surface area contributed by atoms with Gasteiger partial charge in [-0.25, -0.2) is 9.79 Å². The minimum absolute atomic E-state index is 0.279. The fourth-order valence-electron chi connectivity index (χ4n) is 2.35. The van der Waals surface area contributed by atoms with Crippen LogP contribution in [-0.2, 0) is 10.2 Å². The fourth-order valence-corrected chi connectivity index (χ4v) is 2.35. The van der Waals surface area contributed by atoms with Gasteiger partial charge in [0.25, 0.3) is 0 Å². The third-order valence-corrected chi connectivity index (χ3v) is 3.39. The molecule has 0 radical (unpaired) electrons. The molecule has 3 nitrogen and oxygen atoms in total. The summed E-state index contributed by atoms with van der Waals surface area (Å²) in [4.78, 5) is 13.9. The van der Waals surface area contributed by atoms with Gasteiger partial charge < -0.3 is 0 Å². The normalized spacial score (nSPS) is 10.3. The monoisotopic (exact) mass is 262 g/mol. The number of benzene rings is 2. The first-order valence-corrected chi connectivity index (χ1v) is 6.39. The molecule has 0 aromatic heterocycles. The molecule has 98 valence electrons. The molecule has 0 bridgehead atoms. The van der Waals surface area contributed by atoms with E-state index in [2.05, 4.69) is 11.1 Å². The van der Waals surface area contributed by atoms with E-state index in [4.69, 9.17) is 0 Å². The van der Waals surface area contributed by atoms with Crippen LogP contribution in [0.2, 0.25) is 0 Å². The number of carbonyl (C=O) groups excluding carboxylic acids is 1. The Bertz CT molecular complexity index is 598. The van der Waals surface area contributed by atoms with Crippen LogP contribution in [0.25, 0.3) is 0 Å². The number of hydrogen-bond acceptors (Lipinski definition) is 3. The zero-order valence-electron chi connectivity index (χ0n) is 11.0. The molecule has 2 aromatic carbocycles. The Labute approximate surface area is 118 Å². The van der Waals surface area contributed by atoms with E-state index in [1.807, 2.05) is 60.7 Å². The highest BCUT2D eigenvalue weighted by atomic mass is 16.1. The summed E-state index contributed by atoms with van der Waals surface area (Å²) in [5.74, 6) is 0. The summed E-state index contributed by atoms with van der Waals surface area (Å²) in [7, 11) is 0. The lowest BCUT2D eigenvalue weighted by Gasteiger charge is -2.27. The molecule has 0 atom stereocenters. The van der Waals surface area contributed by atoms with Gasteiger partial charge in [-0.1, -0.05) is 60.7 Å². The minimum Gasteiger partial charge on any atom is -0.211 e. The molecule has 0 heterocycles. The van der Waals surface area contributed by atoms with Crippen molar-refractivity contribution in [1.82, 2.24) is 0 Å². The standard InChI is InChI=1S/C17H14N2O/c18-13-17(11-12-19-14-20,15-7-3-1-4-8-15)16-9-5-2-6-10-16/h1-10H,11-12H2. The number of aliphatic imine (C=N–C) groups is 1. The van der Waals surface area contributed by atoms with Crippen molar-refractivity contribution in [1.29, 1.82) is 5.26 Å². The average molecular weight is 262 g/mol. The maximum atomic E-state index is 10.3. The number of nitrogens with zero attached hydrogens (tertiary/aromatic N) is 2. The van der Waals surface area contributed by atoms with Gasteiger partial charge in [-0.05, 0) is 17.5 Å². The summed E-state index contributed by atoms with van der Waals surface area (Å²) in [6.45, 7) is 0.279. The largest absolute Gasteiger partial charge is 0.234 e. The molecule has 0 aliphatic heterocycles. The summed E-state index contributed by atoms with van der Waals surface area (Å²) in [5.41, 5.74) is 1.03. The fraction of sp³-hybridized carbons (Fsp3) is 0.176. The number of hydrogen-bond donors (Lipinski definition) is 0. The summed E-state index contributed by atoms with van der Waals surface area (Å²) >= 11 is 0. The second kappa shape index (κ2) is 6.47. The lowest BCUT2D eigenvalue weighted by atomic mass is 9.73. The van der Waals surface area contributed by atoms with Crippen molar-refractivity contribution in [2.45, 2.75) is 11.8 Å². The van der Waals surface area contributed by atoms with Crippen molar-refractivity contribution < 1.29 is 4.79 Å². The van der Waals surface area contributed by atoms with E-state index in [1.54, 1.807) is 0 Å². The Kier molecular flexibility index (Phi) is 4.44. The lowest BCUT2D eigenvalue weighted by molar-refractivity contribution is 0.556. The van der Waals surface area contributed by atoms with Crippen LogP contribution in [-0.4, -0.2) is 12.6 Å². The molecule has 0 spiro atoms. The number of isocyanates is 1. The van der Waals surface area contributed by atoms with Gasteiger partial charge in [0.05, 0.1) is 12.6 Å². The van der Waals surface area contributed by atoms with E-state index in [0.29, 0.717) is 6.42 Å². The van der Waals surface area contributed by atoms with Crippen LogP contribution < -0.4 is 0 Å². The Morgan fingerprint density at radius 1 is 0.950 bits per heavy atom. The van der Waals surface area contributed by atoms with Crippen molar-refractivity contribution in [2.75, 3.05) is 6.54 Å². The van der Waals surface area contributed by atoms with Gasteiger partial charge in [-0.3, -0.25) is 0 Å². The molecule has 0 N–H and O–H groups in total. The molecule has 0 aliphatic rings. The highest BCUT2D eigenvalue weighted by molar-refractivity contribution is 5.46. The first-order valence-electron chi connectivity index (χ1n) is 6.39. The summed E-state index contributed by atoms with van der Waals surface area (Å²) in [5, 5.41) is 9.79. The van der Waals surface area contributed by atoms with Crippen LogP contribution >= 0.6 is 0 Å². The van der Waals surface area contributed by atoms with E-state index >= 15 is 0 Å². The van der Waals surface area contributed by atoms with Crippen molar-refractivity contribution in [3.8, 4) is 6.07 Å². The quantitative estimate of drug-likeness (QED) is 0.613. The molecule has 0 aliphatic carbocycles. The highest BCUT2D eigenvalue weighted by Gasteiger charge is 2.33. The molecule has 20 heavy (non-hydrogen) atoms. The van der Waals surface area contributed by atoms with E-state index < -0.39 is 5.41 Å². The summed E-state index contributed by atoms with van der Waals surface area (Å²) < 4.78 is 0. The van der Waals surface area contributed by atoms with E-state index in [-0.39, 0.29) is 6.54 Å². The van der Waals surface area contributed by atoms with Gasteiger partial charge in [0.1, 0.15) is 5.41 Å². The molecule has 0 saturated heterocycles. The van der Waals surface area contributed by atoms with Crippen LogP contribution in [0.3, 0.4) is 0 Å². The van der Waals surface area contributed by atoms with Gasteiger partial charge in [-0.15, -0.1) is 0 Å². The van der Waals surface area contributed by atoms with Gasteiger partial charge in [0.2, 0.25) is 6.08 Å². The van der Waals surface area contributed by atoms with E-state index in [1.165, 1.54) is 6.08 Å². The Balaban J connectivity index is 2.52. The zero-order valence-corrected chi connectivity index (χ0v) is 11.0. The molecular weight excluding hydrogens is 248 g/mol. The molecular formula is C17H14N2O. The second-order valence-corrected chi connectivity index (χ2v) is 4.47. The van der Waals surface area contributed by atoms with Gasteiger partial charge >= 0.3 is 0 Å². The average Bonchev–Trinajstić information content (AvgIpc) is 2.54. The van der Waals surface area contributed by atoms with Crippen LogP contribution in [0.4, 0.5) is 0 Å². The van der Waals surface area contributed by atoms with Gasteiger partial charge in [0.15, 0.2) is 0 Å². The minimum atomic E-state index is -0.789. The topological polar surface area (TPSA) is 53.2 Å². The Morgan fingerprint density at radius 3 is 1.85 bits per heavy atom. The summed E-state index contributed by atoms with van der Waals surface area (Å²) in [6, 6.07) is 21.6. The predicted molar refractivity (Wildman–Crippen MR) is 76.9 cm³/mol. The van der Waals surface area contributed by atoms with Gasteiger partial charge in [-0.2, -0.15) is 5.26 Å². The Hall–Kier alpha value is -2.69. The van der Waals surface area contributed by atoms with Crippen LogP contribution in [0.15, 0.2) is 65.7 Å². The SMILES string of the molecule is N#CC(CCN=C=O)(c1ccccc1)c1ccccc1. The molecule has 0 saturated carbocycles. The zero-order chi connectivity index (χ0) is 14.3. The third-order valence-electron chi connectivity index (χ3n) is 3.39. The van der Waals surface area contributed by atoms with Crippen LogP contribution in [0.1, 0.15) is 17.5 Å². The van der Waals surface area contributed by atoms with Crippen LogP contribution in [0, 0.1) is 11.3 Å². The van der Waals surface area contributed by atoms with E-state index in [9.17, 15) is 10.1 Å². The highest BCUT2D eigenvalue weighted by Crippen LogP contribution is 2.35. The number of rotatable bonds is 5. The first-order chi connectivity index (χ1) is 9.83.